The monoisotopic (exact) mass is 378 g/mol. The quantitative estimate of drug-likeness (QED) is 0.754. The van der Waals surface area contributed by atoms with E-state index in [1.165, 1.54) is 19.1 Å². The lowest BCUT2D eigenvalue weighted by atomic mass is 10.2. The van der Waals surface area contributed by atoms with E-state index < -0.39 is 35.6 Å². The number of para-hydroxylation sites is 1. The van der Waals surface area contributed by atoms with Gasteiger partial charge in [-0.25, -0.2) is 4.79 Å². The van der Waals surface area contributed by atoms with Gasteiger partial charge in [-0.1, -0.05) is 12.1 Å². The highest BCUT2D eigenvalue weighted by Gasteiger charge is 2.28. The molecular weight excluding hydrogens is 357 g/mol. The molecule has 1 aromatic rings. The Morgan fingerprint density at radius 2 is 1.80 bits per heavy atom. The van der Waals surface area contributed by atoms with Crippen molar-refractivity contribution in [1.29, 1.82) is 0 Å². The minimum Gasteiger partial charge on any atom is -0.444 e. The summed E-state index contributed by atoms with van der Waals surface area (Å²) < 4.78 is 42.2. The van der Waals surface area contributed by atoms with E-state index in [1.807, 2.05) is 0 Å². The van der Waals surface area contributed by atoms with Crippen molar-refractivity contribution < 1.29 is 27.5 Å². The Kier molecular flexibility index (Phi) is 7.16. The van der Waals surface area contributed by atoms with Gasteiger partial charge in [0.25, 0.3) is 0 Å². The number of anilines is 1. The van der Waals surface area contributed by atoms with Crippen molar-refractivity contribution in [2.24, 2.45) is 0 Å². The van der Waals surface area contributed by atoms with E-state index in [0.717, 1.165) is 0 Å². The highest BCUT2D eigenvalue weighted by molar-refractivity contribution is 7.99. The average molecular weight is 378 g/mol. The Bertz CT molecular complexity index is 615. The molecule has 0 aromatic heterocycles. The molecule has 1 aromatic carbocycles. The lowest BCUT2D eigenvalue weighted by Crippen LogP contribution is -2.44. The van der Waals surface area contributed by atoms with E-state index in [0.29, 0.717) is 11.8 Å². The second-order valence-corrected chi connectivity index (χ2v) is 7.27. The van der Waals surface area contributed by atoms with Gasteiger partial charge in [0.15, 0.2) is 0 Å². The molecule has 1 atom stereocenters. The van der Waals surface area contributed by atoms with Gasteiger partial charge in [-0.3, -0.25) is 4.79 Å². The van der Waals surface area contributed by atoms with Crippen LogP contribution in [0.25, 0.3) is 0 Å². The van der Waals surface area contributed by atoms with Gasteiger partial charge in [0.05, 0.1) is 11.4 Å². The van der Waals surface area contributed by atoms with E-state index in [-0.39, 0.29) is 10.6 Å². The third-order valence-corrected chi connectivity index (χ3v) is 3.80. The highest BCUT2D eigenvalue weighted by Crippen LogP contribution is 2.32. The molecule has 5 nitrogen and oxygen atoms in total. The zero-order valence-corrected chi connectivity index (χ0v) is 15.2. The van der Waals surface area contributed by atoms with Crippen LogP contribution in [0.3, 0.4) is 0 Å². The number of carbonyl (C=O) groups excluding carboxylic acids is 2. The molecule has 0 saturated carbocycles. The van der Waals surface area contributed by atoms with Crippen LogP contribution in [-0.4, -0.2) is 35.6 Å². The molecular formula is C16H21F3N2O3S. The summed E-state index contributed by atoms with van der Waals surface area (Å²) in [5, 5.41) is 4.89. The molecule has 1 unspecified atom stereocenters. The van der Waals surface area contributed by atoms with Crippen molar-refractivity contribution in [3.63, 3.8) is 0 Å². The topological polar surface area (TPSA) is 67.4 Å². The maximum absolute atomic E-state index is 12.4. The molecule has 9 heteroatoms. The number of hydrogen-bond acceptors (Lipinski definition) is 4. The summed E-state index contributed by atoms with van der Waals surface area (Å²) in [6, 6.07) is 5.24. The van der Waals surface area contributed by atoms with Gasteiger partial charge in [0.1, 0.15) is 11.6 Å². The summed E-state index contributed by atoms with van der Waals surface area (Å²) in [5.74, 6) is -1.63. The van der Waals surface area contributed by atoms with Gasteiger partial charge in [0, 0.05) is 4.90 Å². The SMILES string of the molecule is CC(NC(=O)OC(C)(C)C)C(=O)Nc1ccccc1SCC(F)(F)F. The van der Waals surface area contributed by atoms with Gasteiger partial charge in [0.2, 0.25) is 5.91 Å². The van der Waals surface area contributed by atoms with E-state index >= 15 is 0 Å². The minimum absolute atomic E-state index is 0.250. The molecule has 0 saturated heterocycles. The number of amides is 2. The molecule has 2 amide bonds. The van der Waals surface area contributed by atoms with Crippen LogP contribution in [0.1, 0.15) is 27.7 Å². The zero-order valence-electron chi connectivity index (χ0n) is 14.4. The number of benzene rings is 1. The van der Waals surface area contributed by atoms with E-state index in [9.17, 15) is 22.8 Å². The first-order chi connectivity index (χ1) is 11.4. The molecule has 0 bridgehead atoms. The van der Waals surface area contributed by atoms with Crippen LogP contribution in [0.5, 0.6) is 0 Å². The largest absolute Gasteiger partial charge is 0.444 e. The molecule has 2 N–H and O–H groups in total. The first-order valence-electron chi connectivity index (χ1n) is 7.46. The van der Waals surface area contributed by atoms with Crippen molar-refractivity contribution in [2.45, 2.75) is 50.4 Å². The van der Waals surface area contributed by atoms with Crippen molar-refractivity contribution in [3.05, 3.63) is 24.3 Å². The number of alkyl halides is 3. The van der Waals surface area contributed by atoms with Gasteiger partial charge in [-0.2, -0.15) is 13.2 Å². The number of carbonyl (C=O) groups is 2. The molecule has 0 heterocycles. The fourth-order valence-corrected chi connectivity index (χ4v) is 2.41. The number of halogens is 3. The molecule has 140 valence electrons. The third kappa shape index (κ3) is 8.67. The van der Waals surface area contributed by atoms with Crippen LogP contribution in [-0.2, 0) is 9.53 Å². The van der Waals surface area contributed by atoms with E-state index in [1.54, 1.807) is 32.9 Å². The standard InChI is InChI=1S/C16H21F3N2O3S/c1-10(20-14(23)24-15(2,3)4)13(22)21-11-7-5-6-8-12(11)25-9-16(17,18)19/h5-8,10H,9H2,1-4H3,(H,20,23)(H,21,22). The van der Waals surface area contributed by atoms with Crippen LogP contribution in [0.4, 0.5) is 23.7 Å². The van der Waals surface area contributed by atoms with Crippen LogP contribution in [0.15, 0.2) is 29.2 Å². The fraction of sp³-hybridized carbons (Fsp3) is 0.500. The van der Waals surface area contributed by atoms with E-state index in [4.69, 9.17) is 4.74 Å². The molecule has 0 fully saturated rings. The Hall–Kier alpha value is -1.90. The Morgan fingerprint density at radius 3 is 2.36 bits per heavy atom. The van der Waals surface area contributed by atoms with Gasteiger partial charge < -0.3 is 15.4 Å². The average Bonchev–Trinajstić information content (AvgIpc) is 2.43. The number of hydrogen-bond donors (Lipinski definition) is 2. The Morgan fingerprint density at radius 1 is 1.20 bits per heavy atom. The molecule has 1 rings (SSSR count). The lowest BCUT2D eigenvalue weighted by Gasteiger charge is -2.22. The van der Waals surface area contributed by atoms with Crippen LogP contribution in [0.2, 0.25) is 0 Å². The first kappa shape index (κ1) is 21.1. The minimum atomic E-state index is -4.31. The molecule has 25 heavy (non-hydrogen) atoms. The number of rotatable bonds is 5. The van der Waals surface area contributed by atoms with Crippen molar-refractivity contribution in [2.75, 3.05) is 11.1 Å². The van der Waals surface area contributed by atoms with Crippen LogP contribution in [0, 0.1) is 0 Å². The third-order valence-electron chi connectivity index (χ3n) is 2.66. The van der Waals surface area contributed by atoms with Gasteiger partial charge >= 0.3 is 12.3 Å². The molecule has 0 aliphatic heterocycles. The number of alkyl carbamates (subject to hydrolysis) is 1. The molecule has 0 aliphatic carbocycles. The van der Waals surface area contributed by atoms with Crippen molar-refractivity contribution in [3.8, 4) is 0 Å². The fourth-order valence-electron chi connectivity index (χ4n) is 1.65. The second kappa shape index (κ2) is 8.46. The van der Waals surface area contributed by atoms with Crippen molar-refractivity contribution >= 4 is 29.4 Å². The van der Waals surface area contributed by atoms with Crippen LogP contribution < -0.4 is 10.6 Å². The lowest BCUT2D eigenvalue weighted by molar-refractivity contribution is -0.117. The Balaban J connectivity index is 2.69. The Labute approximate surface area is 148 Å². The molecule has 0 radical (unpaired) electrons. The summed E-state index contributed by atoms with van der Waals surface area (Å²) in [4.78, 5) is 24.1. The molecule has 0 aliphatic rings. The maximum atomic E-state index is 12.4. The normalized spacial score (nSPS) is 13.1. The highest BCUT2D eigenvalue weighted by atomic mass is 32.2. The predicted octanol–water partition coefficient (Wildman–Crippen LogP) is 4.19. The summed E-state index contributed by atoms with van der Waals surface area (Å²) >= 11 is 0.578. The van der Waals surface area contributed by atoms with Gasteiger partial charge in [-0.05, 0) is 39.8 Å². The zero-order chi connectivity index (χ0) is 19.3. The predicted molar refractivity (Wildman–Crippen MR) is 90.7 cm³/mol. The van der Waals surface area contributed by atoms with Crippen molar-refractivity contribution in [1.82, 2.24) is 5.32 Å². The number of nitrogens with one attached hydrogen (secondary N) is 2. The summed E-state index contributed by atoms with van der Waals surface area (Å²) in [5.41, 5.74) is -0.458. The summed E-state index contributed by atoms with van der Waals surface area (Å²) in [6.07, 6.45) is -5.07. The number of thioether (sulfide) groups is 1. The summed E-state index contributed by atoms with van der Waals surface area (Å²) in [6.45, 7) is 6.51. The number of ether oxygens (including phenoxy) is 1. The maximum Gasteiger partial charge on any atom is 0.408 e. The van der Waals surface area contributed by atoms with Crippen LogP contribution >= 0.6 is 11.8 Å². The summed E-state index contributed by atoms with van der Waals surface area (Å²) in [7, 11) is 0. The molecule has 0 spiro atoms. The smallest absolute Gasteiger partial charge is 0.408 e. The van der Waals surface area contributed by atoms with Gasteiger partial charge in [-0.15, -0.1) is 11.8 Å². The van der Waals surface area contributed by atoms with E-state index in [2.05, 4.69) is 10.6 Å². The first-order valence-corrected chi connectivity index (χ1v) is 8.45. The second-order valence-electron chi connectivity index (χ2n) is 6.26.